The summed E-state index contributed by atoms with van der Waals surface area (Å²) >= 11 is 0. The molecule has 102 valence electrons. The molecule has 9 heteroatoms. The number of alkyl halides is 3. The maximum absolute atomic E-state index is 12.4. The third kappa shape index (κ3) is 3.18. The second kappa shape index (κ2) is 4.82. The van der Waals surface area contributed by atoms with Crippen LogP contribution >= 0.6 is 0 Å². The van der Waals surface area contributed by atoms with Gasteiger partial charge in [0.15, 0.2) is 17.0 Å². The topological polar surface area (TPSA) is 59.2 Å². The highest BCUT2D eigenvalue weighted by molar-refractivity contribution is 5.82. The van der Waals surface area contributed by atoms with Gasteiger partial charge in [0.2, 0.25) is 0 Å². The van der Waals surface area contributed by atoms with Crippen LogP contribution in [0.3, 0.4) is 0 Å². The Labute approximate surface area is 106 Å². The molecule has 0 radical (unpaired) electrons. The van der Waals surface area contributed by atoms with Gasteiger partial charge in [-0.2, -0.15) is 13.2 Å². The van der Waals surface area contributed by atoms with E-state index in [0.29, 0.717) is 0 Å². The number of hydrogen-bond acceptors (Lipinski definition) is 4. The molecule has 6 nitrogen and oxygen atoms in total. The summed E-state index contributed by atoms with van der Waals surface area (Å²) in [4.78, 5) is 17.3. The molecule has 0 aromatic carbocycles. The van der Waals surface area contributed by atoms with Gasteiger partial charge >= 0.3 is 6.18 Å². The minimum absolute atomic E-state index is 0.109. The molecule has 2 aromatic rings. The predicted octanol–water partition coefficient (Wildman–Crippen LogP) is 1.61. The Bertz CT molecular complexity index is 601. The quantitative estimate of drug-likeness (QED) is 0.629. The van der Waals surface area contributed by atoms with Crippen molar-refractivity contribution in [3.05, 3.63) is 12.7 Å². The Morgan fingerprint density at radius 2 is 2.05 bits per heavy atom. The van der Waals surface area contributed by atoms with Crippen molar-refractivity contribution in [3.63, 3.8) is 0 Å². The zero-order valence-electron chi connectivity index (χ0n) is 10.3. The van der Waals surface area contributed by atoms with Crippen LogP contribution in [0.2, 0.25) is 0 Å². The summed E-state index contributed by atoms with van der Waals surface area (Å²) < 4.78 is 38.0. The van der Waals surface area contributed by atoms with Crippen LogP contribution in [0.4, 0.5) is 19.0 Å². The minimum Gasteiger partial charge on any atom is -0.369 e. The highest BCUT2D eigenvalue weighted by atomic mass is 19.4. The lowest BCUT2D eigenvalue weighted by atomic mass is 10.5. The lowest BCUT2D eigenvalue weighted by Crippen LogP contribution is -2.17. The number of fused-ring (bicyclic) bond motifs is 1. The maximum Gasteiger partial charge on any atom is 0.406 e. The van der Waals surface area contributed by atoms with E-state index in [1.165, 1.54) is 12.7 Å². The summed E-state index contributed by atoms with van der Waals surface area (Å²) in [7, 11) is 3.54. The Kier molecular flexibility index (Phi) is 3.36. The fourth-order valence-corrected chi connectivity index (χ4v) is 1.44. The Balaban J connectivity index is 2.42. The number of aromatic nitrogens is 4. The van der Waals surface area contributed by atoms with Gasteiger partial charge in [-0.15, -0.1) is 0 Å². The molecule has 0 bridgehead atoms. The number of halogens is 3. The number of imidazole rings is 1. The lowest BCUT2D eigenvalue weighted by molar-refractivity contribution is -0.140. The third-order valence-electron chi connectivity index (χ3n) is 2.14. The predicted molar refractivity (Wildman–Crippen MR) is 63.2 cm³/mol. The van der Waals surface area contributed by atoms with Crippen LogP contribution < -0.4 is 0 Å². The van der Waals surface area contributed by atoms with Crippen molar-refractivity contribution in [2.45, 2.75) is 12.7 Å². The van der Waals surface area contributed by atoms with E-state index in [9.17, 15) is 13.2 Å². The van der Waals surface area contributed by atoms with E-state index in [1.54, 1.807) is 19.0 Å². The van der Waals surface area contributed by atoms with E-state index in [2.05, 4.69) is 19.9 Å². The van der Waals surface area contributed by atoms with Gasteiger partial charge in [0.25, 0.3) is 0 Å². The average Bonchev–Trinajstić information content (AvgIpc) is 2.68. The molecule has 0 spiro atoms. The molecular weight excluding hydrogens is 261 g/mol. The van der Waals surface area contributed by atoms with E-state index in [0.717, 1.165) is 10.9 Å². The third-order valence-corrected chi connectivity index (χ3v) is 2.14. The molecule has 0 aliphatic heterocycles. The second-order valence-electron chi connectivity index (χ2n) is 4.07. The first kappa shape index (κ1) is 13.2. The molecule has 2 rings (SSSR count). The van der Waals surface area contributed by atoms with Gasteiger partial charge < -0.3 is 9.47 Å². The SMILES string of the molecule is CN(C)/C=N/c1ncnc2c1ncn2CC(F)(F)F. The maximum atomic E-state index is 12.4. The zero-order chi connectivity index (χ0) is 14.0. The van der Waals surface area contributed by atoms with Gasteiger partial charge in [0.05, 0.1) is 12.7 Å². The molecule has 2 aromatic heterocycles. The number of nitrogens with zero attached hydrogens (tertiary/aromatic N) is 6. The van der Waals surface area contributed by atoms with Crippen molar-refractivity contribution < 1.29 is 13.2 Å². The summed E-state index contributed by atoms with van der Waals surface area (Å²) in [5.74, 6) is 0.236. The summed E-state index contributed by atoms with van der Waals surface area (Å²) in [6, 6.07) is 0. The number of hydrogen-bond donors (Lipinski definition) is 0. The van der Waals surface area contributed by atoms with Crippen molar-refractivity contribution in [2.75, 3.05) is 14.1 Å². The first-order chi connectivity index (χ1) is 8.87. The summed E-state index contributed by atoms with van der Waals surface area (Å²) in [6.45, 7) is -1.14. The van der Waals surface area contributed by atoms with Gasteiger partial charge in [0.1, 0.15) is 12.9 Å². The van der Waals surface area contributed by atoms with E-state index in [1.807, 2.05) is 0 Å². The fraction of sp³-hybridized carbons (Fsp3) is 0.400. The summed E-state index contributed by atoms with van der Waals surface area (Å²) in [5, 5.41) is 0. The van der Waals surface area contributed by atoms with Gasteiger partial charge in [-0.1, -0.05) is 0 Å². The number of rotatable bonds is 3. The largest absolute Gasteiger partial charge is 0.406 e. The van der Waals surface area contributed by atoms with E-state index in [4.69, 9.17) is 0 Å². The van der Waals surface area contributed by atoms with Crippen molar-refractivity contribution in [2.24, 2.45) is 4.99 Å². The lowest BCUT2D eigenvalue weighted by Gasteiger charge is -2.07. The molecule has 2 heterocycles. The first-order valence-corrected chi connectivity index (χ1v) is 5.30. The van der Waals surface area contributed by atoms with E-state index < -0.39 is 12.7 Å². The molecule has 0 fully saturated rings. The van der Waals surface area contributed by atoms with Crippen molar-refractivity contribution in [1.29, 1.82) is 0 Å². The van der Waals surface area contributed by atoms with E-state index in [-0.39, 0.29) is 17.0 Å². The molecule has 0 aliphatic carbocycles. The molecule has 0 saturated carbocycles. The van der Waals surface area contributed by atoms with Gasteiger partial charge in [-0.25, -0.2) is 19.9 Å². The van der Waals surface area contributed by atoms with Crippen molar-refractivity contribution in [1.82, 2.24) is 24.4 Å². The Morgan fingerprint density at radius 3 is 2.68 bits per heavy atom. The Morgan fingerprint density at radius 1 is 1.32 bits per heavy atom. The molecule has 0 aliphatic rings. The standard InChI is InChI=1S/C10H11F3N6/c1-18(2)5-17-8-7-9(15-4-14-8)19(6-16-7)3-10(11,12)13/h4-6H,3H2,1-2H3/b17-5+. The second-order valence-corrected chi connectivity index (χ2v) is 4.07. The van der Waals surface area contributed by atoms with Crippen LogP contribution in [0.5, 0.6) is 0 Å². The van der Waals surface area contributed by atoms with Crippen LogP contribution in [-0.2, 0) is 6.54 Å². The van der Waals surface area contributed by atoms with Gasteiger partial charge in [-0.3, -0.25) is 0 Å². The van der Waals surface area contributed by atoms with Gasteiger partial charge in [0, 0.05) is 14.1 Å². The Hall–Kier alpha value is -2.19. The first-order valence-electron chi connectivity index (χ1n) is 5.30. The highest BCUT2D eigenvalue weighted by Gasteiger charge is 2.29. The van der Waals surface area contributed by atoms with Crippen LogP contribution in [0.25, 0.3) is 11.2 Å². The average molecular weight is 272 g/mol. The monoisotopic (exact) mass is 272 g/mol. The fourth-order valence-electron chi connectivity index (χ4n) is 1.44. The number of aliphatic imine (C=N–C) groups is 1. The van der Waals surface area contributed by atoms with Crippen LogP contribution in [-0.4, -0.2) is 51.0 Å². The smallest absolute Gasteiger partial charge is 0.369 e. The van der Waals surface area contributed by atoms with E-state index >= 15 is 0 Å². The zero-order valence-corrected chi connectivity index (χ0v) is 10.3. The minimum atomic E-state index is -4.33. The van der Waals surface area contributed by atoms with Crippen LogP contribution in [0, 0.1) is 0 Å². The highest BCUT2D eigenvalue weighted by Crippen LogP contribution is 2.23. The summed E-state index contributed by atoms with van der Waals surface area (Å²) in [5.41, 5.74) is 0.350. The van der Waals surface area contributed by atoms with Crippen LogP contribution in [0.15, 0.2) is 17.6 Å². The molecule has 19 heavy (non-hydrogen) atoms. The van der Waals surface area contributed by atoms with Gasteiger partial charge in [-0.05, 0) is 0 Å². The molecule has 0 unspecified atom stereocenters. The molecule has 0 amide bonds. The summed E-state index contributed by atoms with van der Waals surface area (Å²) in [6.07, 6.45) is -0.586. The van der Waals surface area contributed by atoms with Crippen molar-refractivity contribution >= 4 is 23.3 Å². The van der Waals surface area contributed by atoms with Crippen molar-refractivity contribution in [3.8, 4) is 0 Å². The molecular formula is C10H11F3N6. The normalized spacial score (nSPS) is 12.5. The molecule has 0 atom stereocenters. The molecule has 0 saturated heterocycles. The molecule has 0 N–H and O–H groups in total. The van der Waals surface area contributed by atoms with Crippen LogP contribution in [0.1, 0.15) is 0 Å².